The third-order valence-corrected chi connectivity index (χ3v) is 0.865. The van der Waals surface area contributed by atoms with Gasteiger partial charge in [-0.05, 0) is 6.92 Å². The van der Waals surface area contributed by atoms with Crippen LogP contribution in [-0.2, 0) is 0 Å². The monoisotopic (exact) mass is 96.1 g/mol. The van der Waals surface area contributed by atoms with Gasteiger partial charge < -0.3 is 0 Å². The number of hydrogen-bond acceptors (Lipinski definition) is 2. The largest absolute Gasteiger partial charge is 0.189 e. The molecule has 1 aliphatic rings. The van der Waals surface area contributed by atoms with Crippen molar-refractivity contribution < 1.29 is 0 Å². The summed E-state index contributed by atoms with van der Waals surface area (Å²) in [6, 6.07) is 0.314. The molecule has 0 N–H and O–H groups in total. The first-order chi connectivity index (χ1) is 3.39. The van der Waals surface area contributed by atoms with E-state index in [1.165, 1.54) is 0 Å². The average Bonchev–Trinajstić information content (AvgIpc) is 1.69. The molecule has 0 amide bonds. The fraction of sp³-hybridized carbons (Fsp3) is 0.600. The van der Waals surface area contributed by atoms with Crippen molar-refractivity contribution in [1.82, 2.24) is 0 Å². The predicted molar refractivity (Wildman–Crippen MR) is 28.3 cm³/mol. The fourth-order valence-electron chi connectivity index (χ4n) is 0.519. The molecule has 0 radical (unpaired) electrons. The fourth-order valence-corrected chi connectivity index (χ4v) is 0.519. The van der Waals surface area contributed by atoms with Crippen molar-refractivity contribution in [2.75, 3.05) is 6.54 Å². The summed E-state index contributed by atoms with van der Waals surface area (Å²) >= 11 is 0. The van der Waals surface area contributed by atoms with Crippen LogP contribution in [0.2, 0.25) is 0 Å². The Bertz CT molecular complexity index is 92.6. The summed E-state index contributed by atoms with van der Waals surface area (Å²) < 4.78 is 0. The van der Waals surface area contributed by atoms with Gasteiger partial charge in [-0.25, -0.2) is 0 Å². The molecule has 1 aliphatic heterocycles. The summed E-state index contributed by atoms with van der Waals surface area (Å²) in [7, 11) is 0. The van der Waals surface area contributed by atoms with Gasteiger partial charge in [-0.2, -0.15) is 10.2 Å². The Balaban J connectivity index is 2.49. The highest BCUT2D eigenvalue weighted by atomic mass is 15.1. The first-order valence-electron chi connectivity index (χ1n) is 2.43. The van der Waals surface area contributed by atoms with E-state index in [9.17, 15) is 0 Å². The Morgan fingerprint density at radius 3 is 2.86 bits per heavy atom. The van der Waals surface area contributed by atoms with Crippen molar-refractivity contribution in [1.29, 1.82) is 0 Å². The lowest BCUT2D eigenvalue weighted by Crippen LogP contribution is -1.94. The first kappa shape index (κ1) is 4.50. The maximum Gasteiger partial charge on any atom is 0.0861 e. The standard InChI is InChI=1S/C5H8N2/c1-5-3-2-4-6-7-5/h2-3,5H,4H2,1H3. The van der Waals surface area contributed by atoms with Crippen LogP contribution in [-0.4, -0.2) is 12.6 Å². The minimum absolute atomic E-state index is 0.314. The zero-order chi connectivity index (χ0) is 5.11. The van der Waals surface area contributed by atoms with E-state index in [1.807, 2.05) is 19.1 Å². The lowest BCUT2D eigenvalue weighted by Gasteiger charge is -1.98. The third kappa shape index (κ3) is 1.11. The van der Waals surface area contributed by atoms with Gasteiger partial charge in [0.15, 0.2) is 0 Å². The topological polar surface area (TPSA) is 24.7 Å². The van der Waals surface area contributed by atoms with Crippen molar-refractivity contribution in [3.05, 3.63) is 12.2 Å². The minimum atomic E-state index is 0.314. The van der Waals surface area contributed by atoms with Crippen LogP contribution in [0, 0.1) is 0 Å². The second kappa shape index (κ2) is 1.87. The van der Waals surface area contributed by atoms with Crippen LogP contribution in [0.1, 0.15) is 6.92 Å². The van der Waals surface area contributed by atoms with Crippen LogP contribution >= 0.6 is 0 Å². The van der Waals surface area contributed by atoms with Gasteiger partial charge in [-0.15, -0.1) is 0 Å². The van der Waals surface area contributed by atoms with Crippen molar-refractivity contribution in [3.63, 3.8) is 0 Å². The summed E-state index contributed by atoms with van der Waals surface area (Å²) in [4.78, 5) is 0. The molecule has 0 saturated heterocycles. The Morgan fingerprint density at radius 1 is 1.71 bits per heavy atom. The van der Waals surface area contributed by atoms with Crippen molar-refractivity contribution in [2.45, 2.75) is 13.0 Å². The van der Waals surface area contributed by atoms with E-state index < -0.39 is 0 Å². The van der Waals surface area contributed by atoms with Gasteiger partial charge in [0.05, 0.1) is 12.6 Å². The summed E-state index contributed by atoms with van der Waals surface area (Å²) in [6.45, 7) is 2.78. The smallest absolute Gasteiger partial charge is 0.0861 e. The van der Waals surface area contributed by atoms with Crippen LogP contribution in [0.4, 0.5) is 0 Å². The number of azo groups is 1. The summed E-state index contributed by atoms with van der Waals surface area (Å²) in [5.74, 6) is 0. The Morgan fingerprint density at radius 2 is 2.57 bits per heavy atom. The highest BCUT2D eigenvalue weighted by Gasteiger charge is 1.92. The molecule has 2 nitrogen and oxygen atoms in total. The normalized spacial score (nSPS) is 28.4. The third-order valence-electron chi connectivity index (χ3n) is 0.865. The maximum atomic E-state index is 3.87. The molecule has 7 heavy (non-hydrogen) atoms. The van der Waals surface area contributed by atoms with Gasteiger partial charge >= 0.3 is 0 Å². The molecule has 0 aromatic heterocycles. The lowest BCUT2D eigenvalue weighted by molar-refractivity contribution is 0.788. The van der Waals surface area contributed by atoms with Crippen molar-refractivity contribution in [2.24, 2.45) is 10.2 Å². The molecule has 1 atom stereocenters. The van der Waals surface area contributed by atoms with Crippen LogP contribution in [0.25, 0.3) is 0 Å². The summed E-state index contributed by atoms with van der Waals surface area (Å²) in [5, 5.41) is 7.66. The summed E-state index contributed by atoms with van der Waals surface area (Å²) in [5.41, 5.74) is 0. The number of rotatable bonds is 0. The van der Waals surface area contributed by atoms with E-state index in [0.29, 0.717) is 6.04 Å². The molecular weight excluding hydrogens is 88.1 g/mol. The molecule has 1 unspecified atom stereocenters. The molecule has 1 rings (SSSR count). The molecule has 0 saturated carbocycles. The molecule has 0 fully saturated rings. The number of nitrogens with zero attached hydrogens (tertiary/aromatic N) is 2. The SMILES string of the molecule is CC1C=CCN=N1. The average molecular weight is 96.1 g/mol. The van der Waals surface area contributed by atoms with Gasteiger partial charge in [0.25, 0.3) is 0 Å². The molecule has 1 heterocycles. The predicted octanol–water partition coefficient (Wildman–Crippen LogP) is 1.40. The van der Waals surface area contributed by atoms with E-state index in [-0.39, 0.29) is 0 Å². The second-order valence-corrected chi connectivity index (χ2v) is 1.61. The zero-order valence-corrected chi connectivity index (χ0v) is 4.33. The van der Waals surface area contributed by atoms with Crippen LogP contribution < -0.4 is 0 Å². The van der Waals surface area contributed by atoms with Crippen LogP contribution in [0.15, 0.2) is 22.4 Å². The highest BCUT2D eigenvalue weighted by Crippen LogP contribution is 1.97. The van der Waals surface area contributed by atoms with E-state index in [4.69, 9.17) is 0 Å². The quantitative estimate of drug-likeness (QED) is 0.407. The first-order valence-corrected chi connectivity index (χ1v) is 2.43. The van der Waals surface area contributed by atoms with Crippen molar-refractivity contribution in [3.8, 4) is 0 Å². The van der Waals surface area contributed by atoms with E-state index >= 15 is 0 Å². The molecule has 0 aromatic carbocycles. The molecule has 0 bridgehead atoms. The van der Waals surface area contributed by atoms with Gasteiger partial charge in [0.1, 0.15) is 0 Å². The van der Waals surface area contributed by atoms with Crippen LogP contribution in [0.5, 0.6) is 0 Å². The maximum absolute atomic E-state index is 3.87. The summed E-state index contributed by atoms with van der Waals surface area (Å²) in [6.07, 6.45) is 4.07. The lowest BCUT2D eigenvalue weighted by atomic mass is 10.3. The Labute approximate surface area is 43.0 Å². The highest BCUT2D eigenvalue weighted by molar-refractivity contribution is 4.94. The van der Waals surface area contributed by atoms with E-state index in [0.717, 1.165) is 6.54 Å². The van der Waals surface area contributed by atoms with E-state index in [2.05, 4.69) is 10.2 Å². The Kier molecular flexibility index (Phi) is 1.20. The van der Waals surface area contributed by atoms with E-state index in [1.54, 1.807) is 0 Å². The molecule has 2 heteroatoms. The molecular formula is C5H8N2. The second-order valence-electron chi connectivity index (χ2n) is 1.61. The molecule has 0 spiro atoms. The van der Waals surface area contributed by atoms with Crippen molar-refractivity contribution >= 4 is 0 Å². The molecule has 0 aliphatic carbocycles. The minimum Gasteiger partial charge on any atom is -0.189 e. The van der Waals surface area contributed by atoms with Gasteiger partial charge in [-0.1, -0.05) is 12.2 Å². The van der Waals surface area contributed by atoms with Gasteiger partial charge in [0.2, 0.25) is 0 Å². The molecule has 0 aromatic rings. The van der Waals surface area contributed by atoms with Crippen LogP contribution in [0.3, 0.4) is 0 Å². The Hall–Kier alpha value is -0.660. The van der Waals surface area contributed by atoms with Gasteiger partial charge in [-0.3, -0.25) is 0 Å². The number of hydrogen-bond donors (Lipinski definition) is 0. The van der Waals surface area contributed by atoms with Gasteiger partial charge in [0, 0.05) is 0 Å². The molecule has 38 valence electrons. The zero-order valence-electron chi connectivity index (χ0n) is 4.33.